The van der Waals surface area contributed by atoms with Crippen LogP contribution in [0.5, 0.6) is 11.5 Å². The smallest absolute Gasteiger partial charge is 0.245 e. The molecule has 8 nitrogen and oxygen atoms in total. The van der Waals surface area contributed by atoms with Gasteiger partial charge in [0.05, 0.1) is 43.4 Å². The van der Waals surface area contributed by atoms with Crippen molar-refractivity contribution in [1.29, 1.82) is 21.2 Å². The van der Waals surface area contributed by atoms with Crippen molar-refractivity contribution < 1.29 is 18.9 Å². The van der Waals surface area contributed by atoms with Crippen LogP contribution in [0.1, 0.15) is 24.2 Å². The molecule has 172 valence electrons. The van der Waals surface area contributed by atoms with E-state index in [1.807, 2.05) is 12.1 Å². The first-order chi connectivity index (χ1) is 16.2. The molecule has 2 fully saturated rings. The normalized spacial score (nSPS) is 28.7. The second-order valence-corrected chi connectivity index (χ2v) is 8.88. The number of hydrogen-bond donors (Lipinski definition) is 1. The van der Waals surface area contributed by atoms with Gasteiger partial charge in [-0.3, -0.25) is 5.41 Å². The van der Waals surface area contributed by atoms with Crippen molar-refractivity contribution in [2.45, 2.75) is 18.8 Å². The number of ether oxygens (including phenoxy) is 4. The summed E-state index contributed by atoms with van der Waals surface area (Å²) in [7, 11) is 2.91. The third kappa shape index (κ3) is 2.82. The topological polar surface area (TPSA) is 132 Å². The zero-order valence-corrected chi connectivity index (χ0v) is 19.9. The molecule has 2 aliphatic rings. The van der Waals surface area contributed by atoms with Gasteiger partial charge in [0.2, 0.25) is 17.1 Å². The number of nitriles is 3. The molecule has 2 aliphatic heterocycles. The molecule has 0 saturated carbocycles. The molecule has 2 aromatic rings. The zero-order chi connectivity index (χ0) is 24.9. The molecule has 10 heteroatoms. The summed E-state index contributed by atoms with van der Waals surface area (Å²) < 4.78 is 23.1. The zero-order valence-electron chi connectivity index (χ0n) is 18.3. The second kappa shape index (κ2) is 8.08. The molecule has 0 amide bonds. The average molecular weight is 497 g/mol. The summed E-state index contributed by atoms with van der Waals surface area (Å²) in [6, 6.07) is 15.5. The van der Waals surface area contributed by atoms with Crippen molar-refractivity contribution in [1.82, 2.24) is 0 Å². The van der Waals surface area contributed by atoms with E-state index in [9.17, 15) is 15.8 Å². The van der Waals surface area contributed by atoms with Gasteiger partial charge >= 0.3 is 0 Å². The molecule has 2 bridgehead atoms. The lowest BCUT2D eigenvalue weighted by Gasteiger charge is -2.49. The number of benzene rings is 2. The summed E-state index contributed by atoms with van der Waals surface area (Å²) in [6.07, 6.45) is -1.34. The van der Waals surface area contributed by atoms with E-state index in [4.69, 9.17) is 47.6 Å². The van der Waals surface area contributed by atoms with Gasteiger partial charge in [-0.25, -0.2) is 0 Å². The molecule has 1 N–H and O–H groups in total. The Morgan fingerprint density at radius 3 is 2.09 bits per heavy atom. The third-order valence-electron chi connectivity index (χ3n) is 6.65. The van der Waals surface area contributed by atoms with Gasteiger partial charge in [0.15, 0.2) is 5.41 Å². The van der Waals surface area contributed by atoms with E-state index in [0.717, 1.165) is 0 Å². The fourth-order valence-electron chi connectivity index (χ4n) is 4.90. The number of hydrogen-bond acceptors (Lipinski definition) is 8. The predicted octanol–water partition coefficient (Wildman–Crippen LogP) is 5.12. The van der Waals surface area contributed by atoms with Crippen molar-refractivity contribution in [3.05, 3.63) is 57.6 Å². The van der Waals surface area contributed by atoms with Gasteiger partial charge in [-0.05, 0) is 35.9 Å². The molecule has 0 aliphatic carbocycles. The van der Waals surface area contributed by atoms with Crippen molar-refractivity contribution in [3.63, 3.8) is 0 Å². The van der Waals surface area contributed by atoms with Gasteiger partial charge in [0, 0.05) is 16.7 Å². The van der Waals surface area contributed by atoms with E-state index in [0.29, 0.717) is 27.6 Å². The molecule has 0 aromatic heterocycles. The molecule has 4 rings (SSSR count). The highest BCUT2D eigenvalue weighted by Crippen LogP contribution is 2.69. The van der Waals surface area contributed by atoms with Crippen LogP contribution in [-0.2, 0) is 15.3 Å². The largest absolute Gasteiger partial charge is 0.497 e. The van der Waals surface area contributed by atoms with E-state index in [1.54, 1.807) is 37.3 Å². The number of methoxy groups -OCH3 is 2. The summed E-state index contributed by atoms with van der Waals surface area (Å²) >= 11 is 12.6. The minimum Gasteiger partial charge on any atom is -0.497 e. The summed E-state index contributed by atoms with van der Waals surface area (Å²) in [5, 5.41) is 40.4. The predicted molar refractivity (Wildman–Crippen MR) is 121 cm³/mol. The van der Waals surface area contributed by atoms with Crippen molar-refractivity contribution >= 4 is 29.1 Å². The highest BCUT2D eigenvalue weighted by Gasteiger charge is 2.80. The Morgan fingerprint density at radius 2 is 1.59 bits per heavy atom. The molecule has 2 saturated heterocycles. The van der Waals surface area contributed by atoms with E-state index >= 15 is 0 Å². The third-order valence-corrected chi connectivity index (χ3v) is 7.20. The highest BCUT2D eigenvalue weighted by molar-refractivity contribution is 6.35. The van der Waals surface area contributed by atoms with Crippen molar-refractivity contribution in [3.8, 4) is 29.7 Å². The quantitative estimate of drug-likeness (QED) is 0.620. The molecule has 34 heavy (non-hydrogen) atoms. The average Bonchev–Trinajstić information content (AvgIpc) is 2.99. The lowest BCUT2D eigenvalue weighted by atomic mass is 9.53. The fraction of sp³-hybridized carbons (Fsp3) is 0.333. The van der Waals surface area contributed by atoms with Gasteiger partial charge in [-0.15, -0.1) is 0 Å². The summed E-state index contributed by atoms with van der Waals surface area (Å²) in [6.45, 7) is 1.60. The first-order valence-corrected chi connectivity index (χ1v) is 10.8. The second-order valence-electron chi connectivity index (χ2n) is 8.04. The fourth-order valence-corrected chi connectivity index (χ4v) is 5.44. The van der Waals surface area contributed by atoms with Crippen molar-refractivity contribution in [2.75, 3.05) is 14.2 Å². The molecule has 0 spiro atoms. The van der Waals surface area contributed by atoms with Gasteiger partial charge in [0.1, 0.15) is 17.6 Å². The van der Waals surface area contributed by atoms with Crippen LogP contribution in [-0.4, -0.2) is 20.1 Å². The Morgan fingerprint density at radius 1 is 0.971 bits per heavy atom. The lowest BCUT2D eigenvalue weighted by molar-refractivity contribution is -0.288. The maximum atomic E-state index is 10.4. The van der Waals surface area contributed by atoms with Gasteiger partial charge < -0.3 is 18.9 Å². The minimum atomic E-state index is -2.14. The van der Waals surface area contributed by atoms with Crippen LogP contribution in [0.25, 0.3) is 0 Å². The van der Waals surface area contributed by atoms with Crippen LogP contribution in [0.2, 0.25) is 10.0 Å². The molecule has 4 unspecified atom stereocenters. The van der Waals surface area contributed by atoms with Crippen LogP contribution < -0.4 is 9.47 Å². The lowest BCUT2D eigenvalue weighted by Crippen LogP contribution is -2.57. The van der Waals surface area contributed by atoms with Crippen LogP contribution in [0.3, 0.4) is 0 Å². The first kappa shape index (κ1) is 23.7. The van der Waals surface area contributed by atoms with Gasteiger partial charge in [0.25, 0.3) is 0 Å². The van der Waals surface area contributed by atoms with E-state index < -0.39 is 34.5 Å². The van der Waals surface area contributed by atoms with Crippen LogP contribution >= 0.6 is 23.2 Å². The summed E-state index contributed by atoms with van der Waals surface area (Å²) in [4.78, 5) is 0. The number of halogens is 2. The molecule has 2 heterocycles. The Hall–Kier alpha value is -3.48. The molecule has 0 radical (unpaired) electrons. The Bertz CT molecular complexity index is 1290. The summed E-state index contributed by atoms with van der Waals surface area (Å²) in [5.74, 6) is -2.48. The molecule has 2 aromatic carbocycles. The number of rotatable bonds is 4. The minimum absolute atomic E-state index is 0.185. The van der Waals surface area contributed by atoms with Crippen LogP contribution in [0.4, 0.5) is 0 Å². The van der Waals surface area contributed by atoms with Crippen LogP contribution in [0, 0.1) is 56.2 Å². The number of nitrogens with one attached hydrogen (secondary N) is 1. The van der Waals surface area contributed by atoms with Crippen molar-refractivity contribution in [2.24, 2.45) is 16.7 Å². The first-order valence-electron chi connectivity index (χ1n) is 10.1. The number of nitrogens with zero attached hydrogens (tertiary/aromatic N) is 3. The maximum Gasteiger partial charge on any atom is 0.245 e. The molecular formula is C24H18Cl2N4O4. The summed E-state index contributed by atoms with van der Waals surface area (Å²) in [5.41, 5.74) is -3.47. The van der Waals surface area contributed by atoms with Gasteiger partial charge in [-0.2, -0.15) is 15.8 Å². The highest BCUT2D eigenvalue weighted by atomic mass is 35.5. The maximum absolute atomic E-state index is 10.4. The van der Waals surface area contributed by atoms with Crippen LogP contribution in [0.15, 0.2) is 36.4 Å². The van der Waals surface area contributed by atoms with E-state index in [1.165, 1.54) is 20.3 Å². The molecule has 4 atom stereocenters. The van der Waals surface area contributed by atoms with E-state index in [-0.39, 0.29) is 5.02 Å². The SMILES string of the molecule is COc1cc(OC)cc(C2OC3(c4ccc(Cl)cc4Cl)OC(=N)C(C#N)(C3C)C2(C#N)C#N)c1. The molecular weight excluding hydrogens is 479 g/mol. The Labute approximate surface area is 206 Å². The van der Waals surface area contributed by atoms with Gasteiger partial charge in [-0.1, -0.05) is 30.1 Å². The monoisotopic (exact) mass is 496 g/mol. The Kier molecular flexibility index (Phi) is 5.62. The van der Waals surface area contributed by atoms with E-state index in [2.05, 4.69) is 6.07 Å². The Balaban J connectivity index is 2.07. The standard InChI is InChI=1S/C24H18Cl2N4O4/c1-13-23(12-29)21(30)34-24(13,18-5-4-15(25)8-19(18)26)33-20(22(23,10-27)11-28)14-6-16(31-2)9-17(7-14)32-3/h4-9,13,20,30H,1-3H3. The number of fused-ring (bicyclic) bond motifs is 2.